The van der Waals surface area contributed by atoms with Crippen molar-refractivity contribution < 1.29 is 9.84 Å². The maximum atomic E-state index is 9.54. The van der Waals surface area contributed by atoms with Crippen LogP contribution in [-0.4, -0.2) is 23.9 Å². The van der Waals surface area contributed by atoms with Crippen LogP contribution in [0, 0.1) is 11.8 Å². The smallest absolute Gasteiger partial charge is 0.0637 e. The van der Waals surface area contributed by atoms with E-state index >= 15 is 0 Å². The molecule has 1 aliphatic heterocycles. The Balaban J connectivity index is 2.52. The van der Waals surface area contributed by atoms with Crippen molar-refractivity contribution in [3.63, 3.8) is 0 Å². The summed E-state index contributed by atoms with van der Waals surface area (Å²) in [5.41, 5.74) is 0. The molecule has 1 N–H and O–H groups in total. The third kappa shape index (κ3) is 1.32. The van der Waals surface area contributed by atoms with Gasteiger partial charge in [-0.05, 0) is 6.92 Å². The first-order chi connectivity index (χ1) is 4.63. The zero-order valence-corrected chi connectivity index (χ0v) is 6.87. The van der Waals surface area contributed by atoms with Crippen molar-refractivity contribution in [2.45, 2.75) is 33.0 Å². The highest BCUT2D eigenvalue weighted by Crippen LogP contribution is 2.24. The predicted molar refractivity (Wildman–Crippen MR) is 39.7 cm³/mol. The molecule has 0 radical (unpaired) electrons. The van der Waals surface area contributed by atoms with Crippen LogP contribution in [0.4, 0.5) is 0 Å². The zero-order valence-electron chi connectivity index (χ0n) is 6.87. The lowest BCUT2D eigenvalue weighted by Gasteiger charge is -2.35. The van der Waals surface area contributed by atoms with Crippen LogP contribution >= 0.6 is 0 Å². The van der Waals surface area contributed by atoms with E-state index in [1.807, 2.05) is 20.8 Å². The van der Waals surface area contributed by atoms with Gasteiger partial charge in [0.2, 0.25) is 0 Å². The van der Waals surface area contributed by atoms with Crippen molar-refractivity contribution in [2.75, 3.05) is 6.61 Å². The summed E-state index contributed by atoms with van der Waals surface area (Å²) in [6, 6.07) is 0. The Labute approximate surface area is 62.2 Å². The van der Waals surface area contributed by atoms with Crippen LogP contribution in [-0.2, 0) is 4.74 Å². The van der Waals surface area contributed by atoms with Gasteiger partial charge in [0, 0.05) is 11.8 Å². The van der Waals surface area contributed by atoms with Gasteiger partial charge in [-0.1, -0.05) is 13.8 Å². The minimum atomic E-state index is -0.177. The lowest BCUT2D eigenvalue weighted by molar-refractivity contribution is -0.109. The molecular formula is C8H16O2. The number of rotatable bonds is 0. The number of aliphatic hydroxyl groups is 1. The molecule has 0 aromatic rings. The average molecular weight is 144 g/mol. The van der Waals surface area contributed by atoms with Gasteiger partial charge in [-0.15, -0.1) is 0 Å². The van der Waals surface area contributed by atoms with E-state index in [0.29, 0.717) is 12.5 Å². The predicted octanol–water partition coefficient (Wildman–Crippen LogP) is 1.04. The van der Waals surface area contributed by atoms with E-state index < -0.39 is 0 Å². The van der Waals surface area contributed by atoms with Crippen molar-refractivity contribution >= 4 is 0 Å². The topological polar surface area (TPSA) is 29.5 Å². The van der Waals surface area contributed by atoms with Crippen molar-refractivity contribution in [2.24, 2.45) is 11.8 Å². The molecule has 2 heteroatoms. The van der Waals surface area contributed by atoms with Gasteiger partial charge < -0.3 is 9.84 Å². The molecule has 0 amide bonds. The highest BCUT2D eigenvalue weighted by Gasteiger charge is 2.31. The lowest BCUT2D eigenvalue weighted by atomic mass is 9.88. The summed E-state index contributed by atoms with van der Waals surface area (Å²) >= 11 is 0. The lowest BCUT2D eigenvalue weighted by Crippen LogP contribution is -2.42. The second-order valence-corrected chi connectivity index (χ2v) is 3.37. The number of hydrogen-bond donors (Lipinski definition) is 1. The molecule has 4 atom stereocenters. The minimum absolute atomic E-state index is 0.177. The molecule has 1 fully saturated rings. The van der Waals surface area contributed by atoms with Crippen molar-refractivity contribution in [3.05, 3.63) is 0 Å². The van der Waals surface area contributed by atoms with E-state index in [2.05, 4.69) is 0 Å². The maximum Gasteiger partial charge on any atom is 0.0637 e. The van der Waals surface area contributed by atoms with Crippen LogP contribution in [0.5, 0.6) is 0 Å². The first kappa shape index (κ1) is 8.02. The van der Waals surface area contributed by atoms with Gasteiger partial charge in [0.15, 0.2) is 0 Å². The molecule has 0 bridgehead atoms. The van der Waals surface area contributed by atoms with Crippen LogP contribution in [0.3, 0.4) is 0 Å². The highest BCUT2D eigenvalue weighted by molar-refractivity contribution is 4.79. The van der Waals surface area contributed by atoms with Gasteiger partial charge in [-0.3, -0.25) is 0 Å². The Kier molecular flexibility index (Phi) is 2.32. The standard InChI is InChI=1S/C8H16O2/c1-5-4-10-7(3)6(2)8(5)9/h5-9H,4H2,1-3H3/t5-,6-,7+,8-/m1/s1. The van der Waals surface area contributed by atoms with Gasteiger partial charge in [0.1, 0.15) is 0 Å². The minimum Gasteiger partial charge on any atom is -0.392 e. The molecule has 1 rings (SSSR count). The average Bonchev–Trinajstić information content (AvgIpc) is 1.93. The fourth-order valence-electron chi connectivity index (χ4n) is 1.35. The highest BCUT2D eigenvalue weighted by atomic mass is 16.5. The van der Waals surface area contributed by atoms with Crippen LogP contribution in [0.15, 0.2) is 0 Å². The quantitative estimate of drug-likeness (QED) is 0.550. The zero-order chi connectivity index (χ0) is 7.72. The Morgan fingerprint density at radius 3 is 2.40 bits per heavy atom. The van der Waals surface area contributed by atoms with Gasteiger partial charge in [0.05, 0.1) is 18.8 Å². The molecule has 0 unspecified atom stereocenters. The fourth-order valence-corrected chi connectivity index (χ4v) is 1.35. The van der Waals surface area contributed by atoms with Gasteiger partial charge in [-0.2, -0.15) is 0 Å². The summed E-state index contributed by atoms with van der Waals surface area (Å²) in [7, 11) is 0. The van der Waals surface area contributed by atoms with E-state index in [-0.39, 0.29) is 18.1 Å². The molecular weight excluding hydrogens is 128 g/mol. The van der Waals surface area contributed by atoms with Crippen molar-refractivity contribution in [1.29, 1.82) is 0 Å². The summed E-state index contributed by atoms with van der Waals surface area (Å²) in [6.07, 6.45) is 0.0370. The van der Waals surface area contributed by atoms with E-state index in [0.717, 1.165) is 0 Å². The van der Waals surface area contributed by atoms with Crippen LogP contribution in [0.25, 0.3) is 0 Å². The fraction of sp³-hybridized carbons (Fsp3) is 1.00. The van der Waals surface area contributed by atoms with E-state index in [4.69, 9.17) is 4.74 Å². The Bertz CT molecular complexity index is 99.8. The van der Waals surface area contributed by atoms with E-state index in [1.54, 1.807) is 0 Å². The molecule has 60 valence electrons. The second-order valence-electron chi connectivity index (χ2n) is 3.37. The molecule has 2 nitrogen and oxygen atoms in total. The Hall–Kier alpha value is -0.0800. The molecule has 1 heterocycles. The first-order valence-corrected chi connectivity index (χ1v) is 3.92. The van der Waals surface area contributed by atoms with E-state index in [9.17, 15) is 5.11 Å². The SMILES string of the molecule is C[C@H]1[C@H](O)[C@H](C)CO[C@H]1C. The molecule has 0 spiro atoms. The first-order valence-electron chi connectivity index (χ1n) is 3.92. The summed E-state index contributed by atoms with van der Waals surface area (Å²) in [5.74, 6) is 0.579. The normalized spacial score (nSPS) is 49.2. The molecule has 1 saturated heterocycles. The number of ether oxygens (including phenoxy) is 1. The third-order valence-electron chi connectivity index (χ3n) is 2.48. The summed E-state index contributed by atoms with van der Waals surface area (Å²) in [6.45, 7) is 6.77. The van der Waals surface area contributed by atoms with Crippen LogP contribution < -0.4 is 0 Å². The molecule has 0 aliphatic carbocycles. The van der Waals surface area contributed by atoms with Gasteiger partial charge in [0.25, 0.3) is 0 Å². The molecule has 10 heavy (non-hydrogen) atoms. The Morgan fingerprint density at radius 1 is 1.30 bits per heavy atom. The maximum absolute atomic E-state index is 9.54. The number of hydrogen-bond acceptors (Lipinski definition) is 2. The van der Waals surface area contributed by atoms with Crippen molar-refractivity contribution in [1.82, 2.24) is 0 Å². The molecule has 1 aliphatic rings. The molecule has 0 aromatic heterocycles. The molecule has 0 saturated carbocycles. The van der Waals surface area contributed by atoms with Crippen LogP contribution in [0.1, 0.15) is 20.8 Å². The van der Waals surface area contributed by atoms with Gasteiger partial charge in [-0.25, -0.2) is 0 Å². The van der Waals surface area contributed by atoms with Gasteiger partial charge >= 0.3 is 0 Å². The largest absolute Gasteiger partial charge is 0.392 e. The summed E-state index contributed by atoms with van der Waals surface area (Å²) in [4.78, 5) is 0. The summed E-state index contributed by atoms with van der Waals surface area (Å²) < 4.78 is 5.41. The van der Waals surface area contributed by atoms with Crippen LogP contribution in [0.2, 0.25) is 0 Å². The monoisotopic (exact) mass is 144 g/mol. The second kappa shape index (κ2) is 2.89. The number of aliphatic hydroxyl groups excluding tert-OH is 1. The Morgan fingerprint density at radius 2 is 1.90 bits per heavy atom. The van der Waals surface area contributed by atoms with Crippen molar-refractivity contribution in [3.8, 4) is 0 Å². The third-order valence-corrected chi connectivity index (χ3v) is 2.48. The summed E-state index contributed by atoms with van der Waals surface area (Å²) in [5, 5.41) is 9.54. The van der Waals surface area contributed by atoms with E-state index in [1.165, 1.54) is 0 Å². The molecule has 0 aromatic carbocycles.